The Morgan fingerprint density at radius 3 is 1.81 bits per heavy atom. The van der Waals surface area contributed by atoms with Crippen molar-refractivity contribution in [1.29, 1.82) is 0 Å². The monoisotopic (exact) mass is 227 g/mol. The summed E-state index contributed by atoms with van der Waals surface area (Å²) in [6.45, 7) is 6.43. The molecule has 0 aromatic heterocycles. The lowest BCUT2D eigenvalue weighted by atomic mass is 9.83. The Hall–Kier alpha value is -0.960. The molecular formula is C13H19F2N. The maximum absolute atomic E-state index is 14.0. The predicted molar refractivity (Wildman–Crippen MR) is 62.4 cm³/mol. The number of hydrogen-bond acceptors (Lipinski definition) is 1. The van der Waals surface area contributed by atoms with Crippen molar-refractivity contribution in [2.24, 2.45) is 11.1 Å². The Labute approximate surface area is 95.7 Å². The molecule has 0 aliphatic carbocycles. The van der Waals surface area contributed by atoms with E-state index >= 15 is 0 Å². The van der Waals surface area contributed by atoms with Gasteiger partial charge < -0.3 is 5.73 Å². The van der Waals surface area contributed by atoms with Gasteiger partial charge in [-0.05, 0) is 12.5 Å². The van der Waals surface area contributed by atoms with E-state index in [0.29, 0.717) is 0 Å². The van der Waals surface area contributed by atoms with Gasteiger partial charge in [0.2, 0.25) is 0 Å². The lowest BCUT2D eigenvalue weighted by Crippen LogP contribution is -2.31. The summed E-state index contributed by atoms with van der Waals surface area (Å²) < 4.78 is 27.9. The summed E-state index contributed by atoms with van der Waals surface area (Å²) in [6, 6.07) is 6.13. The molecule has 0 aliphatic rings. The quantitative estimate of drug-likeness (QED) is 0.816. The van der Waals surface area contributed by atoms with Crippen LogP contribution in [0.15, 0.2) is 24.3 Å². The summed E-state index contributed by atoms with van der Waals surface area (Å²) in [6.07, 6.45) is 0. The topological polar surface area (TPSA) is 26.0 Å². The van der Waals surface area contributed by atoms with Crippen LogP contribution >= 0.6 is 0 Å². The number of halogens is 2. The first kappa shape index (κ1) is 13.1. The average Bonchev–Trinajstić information content (AvgIpc) is 2.16. The van der Waals surface area contributed by atoms with E-state index in [1.807, 2.05) is 6.92 Å². The van der Waals surface area contributed by atoms with Crippen LogP contribution in [0.4, 0.5) is 8.78 Å². The largest absolute Gasteiger partial charge is 0.324 e. The summed E-state index contributed by atoms with van der Waals surface area (Å²) >= 11 is 0. The van der Waals surface area contributed by atoms with Crippen molar-refractivity contribution in [1.82, 2.24) is 0 Å². The van der Waals surface area contributed by atoms with E-state index in [1.54, 1.807) is 12.1 Å². The van der Waals surface area contributed by atoms with Gasteiger partial charge in [-0.15, -0.1) is 0 Å². The van der Waals surface area contributed by atoms with E-state index in [-0.39, 0.29) is 11.6 Å². The first-order valence-electron chi connectivity index (χ1n) is 5.40. The van der Waals surface area contributed by atoms with Crippen LogP contribution in [0.5, 0.6) is 0 Å². The second-order valence-corrected chi connectivity index (χ2v) is 5.24. The van der Waals surface area contributed by atoms with Gasteiger partial charge in [0, 0.05) is 17.0 Å². The molecule has 1 unspecified atom stereocenters. The predicted octanol–water partition coefficient (Wildman–Crippen LogP) is 3.84. The molecule has 0 saturated carbocycles. The summed E-state index contributed by atoms with van der Waals surface area (Å²) in [5.74, 6) is -2.83. The Bertz CT molecular complexity index is 347. The van der Waals surface area contributed by atoms with Crippen molar-refractivity contribution in [3.63, 3.8) is 0 Å². The second-order valence-electron chi connectivity index (χ2n) is 5.24. The highest BCUT2D eigenvalue weighted by Gasteiger charge is 2.44. The number of nitrogens with two attached hydrogens (primary N) is 1. The highest BCUT2D eigenvalue weighted by atomic mass is 19.3. The van der Waals surface area contributed by atoms with Gasteiger partial charge in [0.25, 0.3) is 5.92 Å². The first-order chi connectivity index (χ1) is 7.16. The van der Waals surface area contributed by atoms with Gasteiger partial charge in [0.05, 0.1) is 0 Å². The van der Waals surface area contributed by atoms with Gasteiger partial charge in [-0.3, -0.25) is 0 Å². The fraction of sp³-hybridized carbons (Fsp3) is 0.538. The van der Waals surface area contributed by atoms with Gasteiger partial charge in [-0.25, -0.2) is 8.78 Å². The Morgan fingerprint density at radius 2 is 1.50 bits per heavy atom. The molecule has 0 radical (unpaired) electrons. The number of alkyl halides is 2. The van der Waals surface area contributed by atoms with Crippen LogP contribution in [0.2, 0.25) is 0 Å². The summed E-state index contributed by atoms with van der Waals surface area (Å²) in [5.41, 5.74) is 5.51. The van der Waals surface area contributed by atoms with Crippen LogP contribution in [0, 0.1) is 5.41 Å². The average molecular weight is 227 g/mol. The van der Waals surface area contributed by atoms with Gasteiger partial charge in [-0.1, -0.05) is 45.0 Å². The van der Waals surface area contributed by atoms with E-state index in [9.17, 15) is 8.78 Å². The second kappa shape index (κ2) is 4.13. The molecule has 0 spiro atoms. The molecule has 0 aliphatic heterocycles. The molecule has 0 fully saturated rings. The third-order valence-electron chi connectivity index (χ3n) is 2.74. The molecule has 90 valence electrons. The normalized spacial score (nSPS) is 14.9. The Balaban J connectivity index is 3.07. The van der Waals surface area contributed by atoms with E-state index in [1.165, 1.54) is 32.9 Å². The van der Waals surface area contributed by atoms with E-state index in [0.717, 1.165) is 5.56 Å². The van der Waals surface area contributed by atoms with Crippen molar-refractivity contribution in [3.05, 3.63) is 35.4 Å². The number of hydrogen-bond donors (Lipinski definition) is 1. The maximum Gasteiger partial charge on any atom is 0.277 e. The smallest absolute Gasteiger partial charge is 0.277 e. The van der Waals surface area contributed by atoms with Gasteiger partial charge >= 0.3 is 0 Å². The van der Waals surface area contributed by atoms with E-state index in [4.69, 9.17) is 5.73 Å². The molecule has 1 aromatic carbocycles. The summed E-state index contributed by atoms with van der Waals surface area (Å²) in [7, 11) is 0. The highest BCUT2D eigenvalue weighted by Crippen LogP contribution is 2.44. The molecule has 0 heterocycles. The fourth-order valence-electron chi connectivity index (χ4n) is 1.43. The third-order valence-corrected chi connectivity index (χ3v) is 2.74. The van der Waals surface area contributed by atoms with E-state index in [2.05, 4.69) is 0 Å². The molecule has 1 atom stereocenters. The van der Waals surface area contributed by atoms with Crippen LogP contribution < -0.4 is 5.73 Å². The minimum atomic E-state index is -2.83. The number of benzene rings is 1. The lowest BCUT2D eigenvalue weighted by Gasteiger charge is -2.30. The van der Waals surface area contributed by atoms with Crippen molar-refractivity contribution < 1.29 is 8.78 Å². The molecule has 1 rings (SSSR count). The zero-order chi connectivity index (χ0) is 12.6. The summed E-state index contributed by atoms with van der Waals surface area (Å²) in [5, 5.41) is 0. The Kier molecular flexibility index (Phi) is 3.38. The minimum absolute atomic E-state index is 0.0457. The Morgan fingerprint density at radius 1 is 1.06 bits per heavy atom. The molecule has 0 saturated heterocycles. The standard InChI is InChI=1S/C13H19F2N/c1-9(16)10-5-7-11(8-6-10)13(14,15)12(2,3)4/h5-9H,16H2,1-4H3. The zero-order valence-corrected chi connectivity index (χ0v) is 10.2. The van der Waals surface area contributed by atoms with Crippen molar-refractivity contribution in [2.45, 2.75) is 39.7 Å². The third kappa shape index (κ3) is 2.40. The molecule has 2 N–H and O–H groups in total. The van der Waals surface area contributed by atoms with E-state index < -0.39 is 11.3 Å². The SMILES string of the molecule is CC(N)c1ccc(C(F)(F)C(C)(C)C)cc1. The van der Waals surface area contributed by atoms with Gasteiger partial charge in [-0.2, -0.15) is 0 Å². The zero-order valence-electron chi connectivity index (χ0n) is 10.2. The van der Waals surface area contributed by atoms with Crippen molar-refractivity contribution >= 4 is 0 Å². The van der Waals surface area contributed by atoms with Crippen LogP contribution in [0.3, 0.4) is 0 Å². The van der Waals surface area contributed by atoms with Crippen LogP contribution in [-0.2, 0) is 5.92 Å². The highest BCUT2D eigenvalue weighted by molar-refractivity contribution is 5.28. The van der Waals surface area contributed by atoms with Gasteiger partial charge in [0.1, 0.15) is 0 Å². The first-order valence-corrected chi connectivity index (χ1v) is 5.40. The van der Waals surface area contributed by atoms with Crippen LogP contribution in [0.25, 0.3) is 0 Å². The van der Waals surface area contributed by atoms with Crippen LogP contribution in [-0.4, -0.2) is 0 Å². The minimum Gasteiger partial charge on any atom is -0.324 e. The number of rotatable bonds is 2. The molecular weight excluding hydrogens is 208 g/mol. The van der Waals surface area contributed by atoms with Crippen LogP contribution in [0.1, 0.15) is 44.9 Å². The molecule has 0 amide bonds. The molecule has 16 heavy (non-hydrogen) atoms. The molecule has 1 aromatic rings. The van der Waals surface area contributed by atoms with Crippen molar-refractivity contribution in [3.8, 4) is 0 Å². The fourth-order valence-corrected chi connectivity index (χ4v) is 1.43. The van der Waals surface area contributed by atoms with Crippen molar-refractivity contribution in [2.75, 3.05) is 0 Å². The molecule has 0 bridgehead atoms. The van der Waals surface area contributed by atoms with Gasteiger partial charge in [0.15, 0.2) is 0 Å². The summed E-state index contributed by atoms with van der Waals surface area (Å²) in [4.78, 5) is 0. The molecule has 3 heteroatoms. The maximum atomic E-state index is 14.0. The molecule has 1 nitrogen and oxygen atoms in total. The lowest BCUT2D eigenvalue weighted by molar-refractivity contribution is -0.104.